The zero-order valence-electron chi connectivity index (χ0n) is 15.8. The first-order valence-electron chi connectivity index (χ1n) is 8.90. The predicted molar refractivity (Wildman–Crippen MR) is 115 cm³/mol. The van der Waals surface area contributed by atoms with Crippen molar-refractivity contribution in [2.24, 2.45) is 4.99 Å². The highest BCUT2D eigenvalue weighted by Crippen LogP contribution is 2.24. The Labute approximate surface area is 172 Å². The number of nitrogens with one attached hydrogen (secondary N) is 3. The van der Waals surface area contributed by atoms with Crippen LogP contribution in [0.15, 0.2) is 23.2 Å². The van der Waals surface area contributed by atoms with E-state index in [1.165, 1.54) is 0 Å². The first-order valence-corrected chi connectivity index (χ1v) is 8.90. The molecule has 7 nitrogen and oxygen atoms in total. The Morgan fingerprint density at radius 3 is 2.85 bits per heavy atom. The number of ether oxygens (including phenoxy) is 1. The summed E-state index contributed by atoms with van der Waals surface area (Å²) in [4.78, 5) is 20.9. The number of carbonyl (C=O) groups is 1. The number of guanidine groups is 1. The monoisotopic (exact) mass is 475 g/mol. The van der Waals surface area contributed by atoms with E-state index in [4.69, 9.17) is 4.74 Å². The lowest BCUT2D eigenvalue weighted by Gasteiger charge is -2.21. The van der Waals surface area contributed by atoms with Crippen LogP contribution in [0.5, 0.6) is 0 Å². The maximum atomic E-state index is 12.0. The molecule has 26 heavy (non-hydrogen) atoms. The highest BCUT2D eigenvalue weighted by Gasteiger charge is 2.29. The molecule has 0 bridgehead atoms. The van der Waals surface area contributed by atoms with Gasteiger partial charge in [-0.15, -0.1) is 24.0 Å². The summed E-state index contributed by atoms with van der Waals surface area (Å²) in [6.07, 6.45) is 2.46. The van der Waals surface area contributed by atoms with Gasteiger partial charge in [0.1, 0.15) is 5.82 Å². The second-order valence-corrected chi connectivity index (χ2v) is 6.49. The Morgan fingerprint density at radius 2 is 2.19 bits per heavy atom. The summed E-state index contributed by atoms with van der Waals surface area (Å²) in [5.41, 5.74) is 0.705. The fourth-order valence-corrected chi connectivity index (χ4v) is 2.66. The molecule has 8 heteroatoms. The largest absolute Gasteiger partial charge is 0.373 e. The molecule has 1 aliphatic heterocycles. The van der Waals surface area contributed by atoms with Crippen molar-refractivity contribution in [1.82, 2.24) is 15.6 Å². The second-order valence-electron chi connectivity index (χ2n) is 6.49. The maximum Gasteiger partial charge on any atom is 0.227 e. The summed E-state index contributed by atoms with van der Waals surface area (Å²) in [5.74, 6) is 1.21. The lowest BCUT2D eigenvalue weighted by Crippen LogP contribution is -2.40. The normalized spacial score (nSPS) is 19.6. The Balaban J connectivity index is 0.00000338. The van der Waals surface area contributed by atoms with Gasteiger partial charge in [0.25, 0.3) is 0 Å². The van der Waals surface area contributed by atoms with Gasteiger partial charge in [-0.25, -0.2) is 4.98 Å². The number of aliphatic imine (C=N–C) groups is 1. The van der Waals surface area contributed by atoms with E-state index in [9.17, 15) is 4.79 Å². The van der Waals surface area contributed by atoms with Gasteiger partial charge in [0.05, 0.1) is 12.1 Å². The van der Waals surface area contributed by atoms with Crippen LogP contribution < -0.4 is 16.0 Å². The Hall–Kier alpha value is -1.42. The van der Waals surface area contributed by atoms with Gasteiger partial charge in [0.15, 0.2) is 5.96 Å². The van der Waals surface area contributed by atoms with Gasteiger partial charge in [-0.05, 0) is 45.7 Å². The fraction of sp³-hybridized carbons (Fsp3) is 0.611. The second kappa shape index (κ2) is 11.3. The van der Waals surface area contributed by atoms with Crippen molar-refractivity contribution in [1.29, 1.82) is 0 Å². The van der Waals surface area contributed by atoms with Crippen LogP contribution >= 0.6 is 24.0 Å². The first kappa shape index (κ1) is 22.6. The van der Waals surface area contributed by atoms with Crippen LogP contribution in [0.2, 0.25) is 0 Å². The molecule has 1 aromatic heterocycles. The number of aryl methyl sites for hydroxylation is 1. The number of rotatable bonds is 7. The van der Waals surface area contributed by atoms with Gasteiger partial charge in [-0.3, -0.25) is 9.79 Å². The van der Waals surface area contributed by atoms with E-state index < -0.39 is 0 Å². The molecule has 1 aromatic rings. The molecule has 1 saturated heterocycles. The van der Waals surface area contributed by atoms with Crippen molar-refractivity contribution in [2.75, 3.05) is 31.6 Å². The Morgan fingerprint density at radius 1 is 1.38 bits per heavy atom. The van der Waals surface area contributed by atoms with Gasteiger partial charge >= 0.3 is 0 Å². The average molecular weight is 475 g/mol. The van der Waals surface area contributed by atoms with E-state index in [0.717, 1.165) is 31.7 Å². The average Bonchev–Trinajstić information content (AvgIpc) is 3.00. The zero-order chi connectivity index (χ0) is 18.1. The number of carbonyl (C=O) groups excluding carboxylic acids is 1. The lowest BCUT2D eigenvalue weighted by molar-refractivity contribution is -0.116. The summed E-state index contributed by atoms with van der Waals surface area (Å²) in [6, 6.07) is 5.55. The van der Waals surface area contributed by atoms with Crippen molar-refractivity contribution < 1.29 is 9.53 Å². The summed E-state index contributed by atoms with van der Waals surface area (Å²) < 4.78 is 5.75. The smallest absolute Gasteiger partial charge is 0.227 e. The van der Waals surface area contributed by atoms with Crippen molar-refractivity contribution in [2.45, 2.75) is 45.6 Å². The molecule has 1 amide bonds. The van der Waals surface area contributed by atoms with Crippen molar-refractivity contribution in [3.8, 4) is 0 Å². The Bertz CT molecular complexity index is 603. The summed E-state index contributed by atoms with van der Waals surface area (Å²) in [5, 5.41) is 9.19. The number of nitrogens with zero attached hydrogens (tertiary/aromatic N) is 2. The van der Waals surface area contributed by atoms with Gasteiger partial charge in [0, 0.05) is 31.8 Å². The van der Waals surface area contributed by atoms with E-state index in [2.05, 4.69) is 32.9 Å². The standard InChI is InChI=1S/C18H29N5O2.HI/c1-4-19-17(21-13-18(3)10-6-12-25-18)20-11-9-16(24)23-15-8-5-7-14(2)22-15;/h5,7-8H,4,6,9-13H2,1-3H3,(H2,19,20,21)(H,22,23,24);1H. The van der Waals surface area contributed by atoms with Gasteiger partial charge in [-0.1, -0.05) is 6.07 Å². The molecule has 0 radical (unpaired) electrons. The van der Waals surface area contributed by atoms with Crippen LogP contribution in [-0.4, -0.2) is 48.7 Å². The van der Waals surface area contributed by atoms with E-state index in [-0.39, 0.29) is 35.5 Å². The molecule has 1 atom stereocenters. The molecule has 0 spiro atoms. The zero-order valence-corrected chi connectivity index (χ0v) is 18.1. The van der Waals surface area contributed by atoms with Crippen molar-refractivity contribution in [3.05, 3.63) is 23.9 Å². The molecular formula is C18H30IN5O2. The minimum absolute atomic E-state index is 0. The predicted octanol–water partition coefficient (Wildman–Crippen LogP) is 2.46. The molecule has 3 N–H and O–H groups in total. The molecule has 0 aliphatic carbocycles. The maximum absolute atomic E-state index is 12.0. The molecule has 1 fully saturated rings. The molecular weight excluding hydrogens is 445 g/mol. The minimum Gasteiger partial charge on any atom is -0.373 e. The van der Waals surface area contributed by atoms with Gasteiger partial charge in [-0.2, -0.15) is 0 Å². The number of hydrogen-bond donors (Lipinski definition) is 3. The SMILES string of the molecule is CCNC(=NCC1(C)CCCO1)NCCC(=O)Nc1cccc(C)n1.I. The number of hydrogen-bond acceptors (Lipinski definition) is 4. The molecule has 2 rings (SSSR count). The number of amides is 1. The number of halogens is 1. The van der Waals surface area contributed by atoms with Crippen LogP contribution in [0.4, 0.5) is 5.82 Å². The van der Waals surface area contributed by atoms with Crippen LogP contribution in [0, 0.1) is 6.92 Å². The van der Waals surface area contributed by atoms with Crippen LogP contribution in [0.3, 0.4) is 0 Å². The molecule has 2 heterocycles. The highest BCUT2D eigenvalue weighted by molar-refractivity contribution is 14.0. The molecule has 1 aliphatic rings. The van der Waals surface area contributed by atoms with E-state index in [1.807, 2.05) is 26.0 Å². The minimum atomic E-state index is -0.170. The lowest BCUT2D eigenvalue weighted by atomic mass is 10.0. The topological polar surface area (TPSA) is 87.6 Å². The molecule has 146 valence electrons. The van der Waals surface area contributed by atoms with Crippen LogP contribution in [-0.2, 0) is 9.53 Å². The fourth-order valence-electron chi connectivity index (χ4n) is 2.66. The van der Waals surface area contributed by atoms with Crippen molar-refractivity contribution >= 4 is 41.7 Å². The molecule has 0 saturated carbocycles. The van der Waals surface area contributed by atoms with Gasteiger partial charge in [0.2, 0.25) is 5.91 Å². The van der Waals surface area contributed by atoms with Crippen LogP contribution in [0.25, 0.3) is 0 Å². The summed E-state index contributed by atoms with van der Waals surface area (Å²) >= 11 is 0. The van der Waals surface area contributed by atoms with E-state index in [1.54, 1.807) is 6.07 Å². The third-order valence-corrected chi connectivity index (χ3v) is 4.02. The van der Waals surface area contributed by atoms with Crippen LogP contribution in [0.1, 0.15) is 38.8 Å². The quantitative estimate of drug-likeness (QED) is 0.321. The summed E-state index contributed by atoms with van der Waals surface area (Å²) in [7, 11) is 0. The van der Waals surface area contributed by atoms with Gasteiger partial charge < -0.3 is 20.7 Å². The van der Waals surface area contributed by atoms with Crippen molar-refractivity contribution in [3.63, 3.8) is 0 Å². The molecule has 0 aromatic carbocycles. The first-order chi connectivity index (χ1) is 12.0. The number of anilines is 1. The summed E-state index contributed by atoms with van der Waals surface area (Å²) in [6.45, 7) is 8.69. The van der Waals surface area contributed by atoms with E-state index in [0.29, 0.717) is 31.3 Å². The molecule has 1 unspecified atom stereocenters. The Kier molecular flexibility index (Phi) is 9.85. The third kappa shape index (κ3) is 7.86. The highest BCUT2D eigenvalue weighted by atomic mass is 127. The number of aromatic nitrogens is 1. The number of pyridine rings is 1. The third-order valence-electron chi connectivity index (χ3n) is 4.02. The van der Waals surface area contributed by atoms with E-state index >= 15 is 0 Å².